The summed E-state index contributed by atoms with van der Waals surface area (Å²) in [5.41, 5.74) is 0.394. The van der Waals surface area contributed by atoms with E-state index in [0.29, 0.717) is 35.1 Å². The smallest absolute Gasteiger partial charge is 0.246 e. The Hall–Kier alpha value is -2.25. The molecule has 0 spiro atoms. The molecule has 1 aliphatic carbocycles. The van der Waals surface area contributed by atoms with Crippen LogP contribution in [-0.2, 0) is 14.6 Å². The SMILES string of the molecule is COc1ccc(NC(=O)C2(S(=O)(=O)c3ccc(Cl)cc3)CCCC2)c(OC)c1. The highest BCUT2D eigenvalue weighted by atomic mass is 35.5. The van der Waals surface area contributed by atoms with Crippen molar-refractivity contribution in [3.8, 4) is 11.5 Å². The summed E-state index contributed by atoms with van der Waals surface area (Å²) >= 11 is 5.89. The predicted molar refractivity (Wildman–Crippen MR) is 108 cm³/mol. The van der Waals surface area contributed by atoms with Crippen LogP contribution in [0.2, 0.25) is 5.02 Å². The fraction of sp³-hybridized carbons (Fsp3) is 0.350. The molecule has 1 fully saturated rings. The molecule has 2 aromatic rings. The number of rotatable bonds is 6. The third-order valence-corrected chi connectivity index (χ3v) is 7.89. The zero-order chi connectivity index (χ0) is 20.4. The Labute approximate surface area is 169 Å². The van der Waals surface area contributed by atoms with Crippen LogP contribution >= 0.6 is 11.6 Å². The fourth-order valence-corrected chi connectivity index (χ4v) is 5.73. The number of carbonyl (C=O) groups is 1. The Bertz CT molecular complexity index is 967. The maximum Gasteiger partial charge on any atom is 0.246 e. The van der Waals surface area contributed by atoms with Gasteiger partial charge in [0.25, 0.3) is 0 Å². The van der Waals surface area contributed by atoms with Gasteiger partial charge in [-0.1, -0.05) is 24.4 Å². The van der Waals surface area contributed by atoms with Gasteiger partial charge in [-0.25, -0.2) is 8.42 Å². The maximum absolute atomic E-state index is 13.4. The number of hydrogen-bond donors (Lipinski definition) is 1. The lowest BCUT2D eigenvalue weighted by Gasteiger charge is -2.28. The number of ether oxygens (including phenoxy) is 2. The van der Waals surface area contributed by atoms with Gasteiger partial charge in [-0.3, -0.25) is 4.79 Å². The van der Waals surface area contributed by atoms with Crippen LogP contribution in [-0.4, -0.2) is 33.3 Å². The molecule has 0 radical (unpaired) electrons. The van der Waals surface area contributed by atoms with Gasteiger partial charge in [0.1, 0.15) is 11.5 Å². The summed E-state index contributed by atoms with van der Waals surface area (Å²) in [6.45, 7) is 0. The molecule has 1 saturated carbocycles. The summed E-state index contributed by atoms with van der Waals surface area (Å²) < 4.78 is 35.7. The molecule has 3 rings (SSSR count). The van der Waals surface area contributed by atoms with Crippen molar-refractivity contribution < 1.29 is 22.7 Å². The van der Waals surface area contributed by atoms with Crippen LogP contribution in [0.3, 0.4) is 0 Å². The second-order valence-electron chi connectivity index (χ2n) is 6.68. The van der Waals surface area contributed by atoms with Crippen LogP contribution in [0.4, 0.5) is 5.69 Å². The van der Waals surface area contributed by atoms with Gasteiger partial charge in [0.2, 0.25) is 5.91 Å². The van der Waals surface area contributed by atoms with Crippen molar-refractivity contribution in [1.82, 2.24) is 0 Å². The zero-order valence-electron chi connectivity index (χ0n) is 15.7. The van der Waals surface area contributed by atoms with Gasteiger partial charge >= 0.3 is 0 Å². The molecule has 0 unspecified atom stereocenters. The molecule has 150 valence electrons. The second kappa shape index (κ2) is 8.01. The first kappa shape index (κ1) is 20.5. The van der Waals surface area contributed by atoms with Crippen LogP contribution in [0.5, 0.6) is 11.5 Å². The quantitative estimate of drug-likeness (QED) is 0.756. The number of amides is 1. The summed E-state index contributed by atoms with van der Waals surface area (Å²) in [6, 6.07) is 10.9. The highest BCUT2D eigenvalue weighted by Gasteiger charge is 2.53. The fourth-order valence-electron chi connectivity index (χ4n) is 3.54. The highest BCUT2D eigenvalue weighted by molar-refractivity contribution is 7.93. The Morgan fingerprint density at radius 2 is 1.68 bits per heavy atom. The van der Waals surface area contributed by atoms with E-state index >= 15 is 0 Å². The largest absolute Gasteiger partial charge is 0.497 e. The van der Waals surface area contributed by atoms with Crippen molar-refractivity contribution in [2.24, 2.45) is 0 Å². The van der Waals surface area contributed by atoms with Gasteiger partial charge in [-0.15, -0.1) is 0 Å². The lowest BCUT2D eigenvalue weighted by Crippen LogP contribution is -2.47. The minimum atomic E-state index is -3.91. The summed E-state index contributed by atoms with van der Waals surface area (Å²) in [5.74, 6) is 0.410. The molecule has 0 saturated heterocycles. The number of carbonyl (C=O) groups excluding carboxylic acids is 1. The third-order valence-electron chi connectivity index (χ3n) is 5.12. The van der Waals surface area contributed by atoms with E-state index in [1.807, 2.05) is 0 Å². The first-order valence-electron chi connectivity index (χ1n) is 8.88. The minimum absolute atomic E-state index is 0.0932. The normalized spacial score (nSPS) is 15.8. The summed E-state index contributed by atoms with van der Waals surface area (Å²) in [6.07, 6.45) is 1.87. The van der Waals surface area contributed by atoms with Crippen molar-refractivity contribution in [2.75, 3.05) is 19.5 Å². The van der Waals surface area contributed by atoms with Gasteiger partial charge < -0.3 is 14.8 Å². The first-order valence-corrected chi connectivity index (χ1v) is 10.7. The van der Waals surface area contributed by atoms with Crippen LogP contribution < -0.4 is 14.8 Å². The zero-order valence-corrected chi connectivity index (χ0v) is 17.3. The number of sulfone groups is 1. The molecular formula is C20H22ClNO5S. The van der Waals surface area contributed by atoms with Crippen LogP contribution in [0.15, 0.2) is 47.4 Å². The molecule has 0 atom stereocenters. The van der Waals surface area contributed by atoms with E-state index in [1.54, 1.807) is 18.2 Å². The average molecular weight is 424 g/mol. The molecule has 1 amide bonds. The summed E-state index contributed by atoms with van der Waals surface area (Å²) in [5, 5.41) is 3.19. The number of nitrogens with one attached hydrogen (secondary N) is 1. The highest BCUT2D eigenvalue weighted by Crippen LogP contribution is 2.42. The maximum atomic E-state index is 13.4. The van der Waals surface area contributed by atoms with Crippen LogP contribution in [0.25, 0.3) is 0 Å². The summed E-state index contributed by atoms with van der Waals surface area (Å²) in [7, 11) is -0.906. The summed E-state index contributed by atoms with van der Waals surface area (Å²) in [4.78, 5) is 13.3. The van der Waals surface area contributed by atoms with Gasteiger partial charge in [0, 0.05) is 11.1 Å². The van der Waals surface area contributed by atoms with E-state index in [0.717, 1.165) is 0 Å². The third kappa shape index (κ3) is 3.56. The molecule has 6 nitrogen and oxygen atoms in total. The molecule has 28 heavy (non-hydrogen) atoms. The van der Waals surface area contributed by atoms with Crippen molar-refractivity contribution >= 4 is 33.0 Å². The second-order valence-corrected chi connectivity index (χ2v) is 9.38. The molecule has 2 aromatic carbocycles. The molecule has 0 bridgehead atoms. The molecule has 8 heteroatoms. The van der Waals surface area contributed by atoms with Gasteiger partial charge in [0.15, 0.2) is 14.6 Å². The van der Waals surface area contributed by atoms with Crippen molar-refractivity contribution in [1.29, 1.82) is 0 Å². The number of anilines is 1. The van der Waals surface area contributed by atoms with E-state index in [4.69, 9.17) is 21.1 Å². The van der Waals surface area contributed by atoms with Crippen molar-refractivity contribution in [3.63, 3.8) is 0 Å². The topological polar surface area (TPSA) is 81.7 Å². The molecular weight excluding hydrogens is 402 g/mol. The van der Waals surface area contributed by atoms with E-state index in [9.17, 15) is 13.2 Å². The Morgan fingerprint density at radius 3 is 2.25 bits per heavy atom. The molecule has 0 aromatic heterocycles. The van der Waals surface area contributed by atoms with E-state index in [1.165, 1.54) is 38.5 Å². The number of benzene rings is 2. The van der Waals surface area contributed by atoms with Gasteiger partial charge in [-0.05, 0) is 49.2 Å². The Kier molecular flexibility index (Phi) is 5.86. The van der Waals surface area contributed by atoms with Crippen LogP contribution in [0.1, 0.15) is 25.7 Å². The van der Waals surface area contributed by atoms with Gasteiger partial charge in [-0.2, -0.15) is 0 Å². The Morgan fingerprint density at radius 1 is 1.04 bits per heavy atom. The first-order chi connectivity index (χ1) is 13.3. The molecule has 0 heterocycles. The minimum Gasteiger partial charge on any atom is -0.497 e. The Balaban J connectivity index is 1.98. The lowest BCUT2D eigenvalue weighted by molar-refractivity contribution is -0.118. The average Bonchev–Trinajstić information content (AvgIpc) is 3.20. The standard InChI is InChI=1S/C20H22ClNO5S/c1-26-15-7-10-17(18(13-15)27-2)22-19(23)20(11-3-4-12-20)28(24,25)16-8-5-14(21)6-9-16/h5-10,13H,3-4,11-12H2,1-2H3,(H,22,23). The predicted octanol–water partition coefficient (Wildman–Crippen LogP) is 4.08. The monoisotopic (exact) mass is 423 g/mol. The van der Waals surface area contributed by atoms with E-state index in [2.05, 4.69) is 5.32 Å². The van der Waals surface area contributed by atoms with Gasteiger partial charge in [0.05, 0.1) is 24.8 Å². The molecule has 1 aliphatic rings. The number of methoxy groups -OCH3 is 2. The molecule has 1 N–H and O–H groups in total. The van der Waals surface area contributed by atoms with Crippen LogP contribution in [0, 0.1) is 0 Å². The number of halogens is 1. The molecule has 0 aliphatic heterocycles. The van der Waals surface area contributed by atoms with Crippen molar-refractivity contribution in [2.45, 2.75) is 35.3 Å². The van der Waals surface area contributed by atoms with E-state index in [-0.39, 0.29) is 17.7 Å². The van der Waals surface area contributed by atoms with E-state index < -0.39 is 20.5 Å². The number of hydrogen-bond acceptors (Lipinski definition) is 5. The van der Waals surface area contributed by atoms with Crippen molar-refractivity contribution in [3.05, 3.63) is 47.5 Å². The lowest BCUT2D eigenvalue weighted by atomic mass is 10.1.